The molecule has 0 unspecified atom stereocenters. The second kappa shape index (κ2) is 12.3. The summed E-state index contributed by atoms with van der Waals surface area (Å²) in [5.41, 5.74) is 11.0. The minimum Gasteiger partial charge on any atom is -0.488 e. The predicted octanol–water partition coefficient (Wildman–Crippen LogP) is 6.23. The molecule has 3 N–H and O–H groups in total. The molecule has 5 rings (SSSR count). The molecule has 0 radical (unpaired) electrons. The van der Waals surface area contributed by atoms with Crippen LogP contribution in [0.5, 0.6) is 11.5 Å². The maximum atomic E-state index is 12.0. The number of carbonyl (C=O) groups excluding carboxylic acids is 1. The Kier molecular flexibility index (Phi) is 8.25. The van der Waals surface area contributed by atoms with Gasteiger partial charge in [0.05, 0.1) is 11.3 Å². The van der Waals surface area contributed by atoms with Gasteiger partial charge in [-0.05, 0) is 46.7 Å². The number of rotatable bonds is 12. The third-order valence-electron chi connectivity index (χ3n) is 6.68. The van der Waals surface area contributed by atoms with E-state index in [9.17, 15) is 4.79 Å². The van der Waals surface area contributed by atoms with Crippen molar-refractivity contribution in [2.75, 3.05) is 0 Å². The van der Waals surface area contributed by atoms with E-state index in [4.69, 9.17) is 19.7 Å². The zero-order valence-corrected chi connectivity index (χ0v) is 22.6. The highest BCUT2D eigenvalue weighted by molar-refractivity contribution is 5.97. The quantitative estimate of drug-likeness (QED) is 0.195. The molecule has 0 saturated carbocycles. The van der Waals surface area contributed by atoms with Gasteiger partial charge in [-0.25, -0.2) is 0 Å². The first-order chi connectivity index (χ1) is 19.5. The van der Waals surface area contributed by atoms with Crippen molar-refractivity contribution < 1.29 is 18.8 Å². The zero-order valence-electron chi connectivity index (χ0n) is 22.6. The molecule has 1 amide bonds. The van der Waals surface area contributed by atoms with E-state index in [1.165, 1.54) is 0 Å². The molecule has 0 atom stereocenters. The lowest BCUT2D eigenvalue weighted by Gasteiger charge is -2.20. The number of aryl methyl sites for hydroxylation is 2. The number of nitrogens with two attached hydrogens (primary N) is 1. The number of H-pyrrole nitrogens is 1. The average molecular weight is 537 g/mol. The molecule has 8 nitrogen and oxygen atoms in total. The van der Waals surface area contributed by atoms with Crippen molar-refractivity contribution in [1.29, 1.82) is 0 Å². The normalized spacial score (nSPS) is 11.1. The van der Waals surface area contributed by atoms with E-state index in [2.05, 4.69) is 35.3 Å². The van der Waals surface area contributed by atoms with Crippen LogP contribution in [-0.2, 0) is 26.1 Å². The van der Waals surface area contributed by atoms with Crippen LogP contribution in [0.4, 0.5) is 0 Å². The Balaban J connectivity index is 1.46. The molecule has 2 heterocycles. The molecule has 0 fully saturated rings. The molecule has 40 heavy (non-hydrogen) atoms. The SMILES string of the molecule is CC(C)c1cc(CCc2onc(C(N)=O)c2-c2ccn[nH]2)c(OCc2ccccc2)cc1OCc1ccccc1. The molecule has 204 valence electrons. The van der Waals surface area contributed by atoms with Crippen LogP contribution < -0.4 is 15.2 Å². The molecule has 3 aromatic carbocycles. The molecular weight excluding hydrogens is 504 g/mol. The van der Waals surface area contributed by atoms with Crippen LogP contribution in [0.15, 0.2) is 89.6 Å². The summed E-state index contributed by atoms with van der Waals surface area (Å²) in [6, 6.07) is 26.0. The average Bonchev–Trinajstić information content (AvgIpc) is 3.65. The number of ether oxygens (including phenoxy) is 2. The molecule has 5 aromatic rings. The van der Waals surface area contributed by atoms with E-state index in [1.54, 1.807) is 12.3 Å². The minimum atomic E-state index is -0.659. The van der Waals surface area contributed by atoms with Gasteiger partial charge in [-0.15, -0.1) is 0 Å². The minimum absolute atomic E-state index is 0.0762. The Hall–Kier alpha value is -4.85. The summed E-state index contributed by atoms with van der Waals surface area (Å²) in [6.45, 7) is 5.16. The van der Waals surface area contributed by atoms with Crippen LogP contribution >= 0.6 is 0 Å². The second-order valence-electron chi connectivity index (χ2n) is 9.86. The molecule has 2 aromatic heterocycles. The van der Waals surface area contributed by atoms with E-state index in [0.29, 0.717) is 43.1 Å². The number of nitrogens with zero attached hydrogens (tertiary/aromatic N) is 2. The molecule has 0 aliphatic carbocycles. The zero-order chi connectivity index (χ0) is 27.9. The first-order valence-corrected chi connectivity index (χ1v) is 13.3. The Morgan fingerprint density at radius 2 is 1.55 bits per heavy atom. The highest BCUT2D eigenvalue weighted by Crippen LogP contribution is 2.36. The van der Waals surface area contributed by atoms with E-state index in [-0.39, 0.29) is 11.6 Å². The Morgan fingerprint density at radius 3 is 2.12 bits per heavy atom. The van der Waals surface area contributed by atoms with Crippen molar-refractivity contribution in [2.24, 2.45) is 5.73 Å². The summed E-state index contributed by atoms with van der Waals surface area (Å²) in [5, 5.41) is 10.8. The van der Waals surface area contributed by atoms with Gasteiger partial charge in [-0.1, -0.05) is 79.7 Å². The number of hydrogen-bond donors (Lipinski definition) is 2. The van der Waals surface area contributed by atoms with Crippen LogP contribution in [0.25, 0.3) is 11.3 Å². The smallest absolute Gasteiger partial charge is 0.271 e. The maximum absolute atomic E-state index is 12.0. The van der Waals surface area contributed by atoms with Crippen LogP contribution in [0.2, 0.25) is 0 Å². The molecular formula is C32H32N4O4. The van der Waals surface area contributed by atoms with Gasteiger partial charge >= 0.3 is 0 Å². The predicted molar refractivity (Wildman–Crippen MR) is 152 cm³/mol. The fourth-order valence-corrected chi connectivity index (χ4v) is 4.59. The van der Waals surface area contributed by atoms with Gasteiger partial charge < -0.3 is 19.7 Å². The third-order valence-corrected chi connectivity index (χ3v) is 6.68. The lowest BCUT2D eigenvalue weighted by Crippen LogP contribution is -2.13. The van der Waals surface area contributed by atoms with E-state index >= 15 is 0 Å². The summed E-state index contributed by atoms with van der Waals surface area (Å²) in [7, 11) is 0. The van der Waals surface area contributed by atoms with E-state index < -0.39 is 5.91 Å². The molecule has 0 spiro atoms. The number of nitrogens with one attached hydrogen (secondary N) is 1. The van der Waals surface area contributed by atoms with Gasteiger partial charge in [0.15, 0.2) is 5.69 Å². The Morgan fingerprint density at radius 1 is 0.900 bits per heavy atom. The summed E-state index contributed by atoms with van der Waals surface area (Å²) in [6.07, 6.45) is 2.66. The van der Waals surface area contributed by atoms with Gasteiger partial charge in [0, 0.05) is 18.7 Å². The van der Waals surface area contributed by atoms with E-state index in [0.717, 1.165) is 33.8 Å². The number of aromatic amines is 1. The van der Waals surface area contributed by atoms with Crippen LogP contribution in [0.3, 0.4) is 0 Å². The van der Waals surface area contributed by atoms with Crippen molar-refractivity contribution in [3.05, 3.63) is 119 Å². The first-order valence-electron chi connectivity index (χ1n) is 13.3. The summed E-state index contributed by atoms with van der Waals surface area (Å²) in [4.78, 5) is 12.0. The topological polar surface area (TPSA) is 116 Å². The molecule has 8 heteroatoms. The number of aromatic nitrogens is 3. The van der Waals surface area contributed by atoms with Crippen molar-refractivity contribution in [3.8, 4) is 22.8 Å². The lowest BCUT2D eigenvalue weighted by atomic mass is 9.95. The fourth-order valence-electron chi connectivity index (χ4n) is 4.59. The van der Waals surface area contributed by atoms with Crippen LogP contribution in [0, 0.1) is 0 Å². The number of hydrogen-bond acceptors (Lipinski definition) is 6. The fraction of sp³-hybridized carbons (Fsp3) is 0.219. The highest BCUT2D eigenvalue weighted by Gasteiger charge is 2.23. The van der Waals surface area contributed by atoms with Gasteiger partial charge in [0.2, 0.25) is 0 Å². The van der Waals surface area contributed by atoms with Crippen molar-refractivity contribution in [3.63, 3.8) is 0 Å². The van der Waals surface area contributed by atoms with Crippen LogP contribution in [0.1, 0.15) is 58.3 Å². The summed E-state index contributed by atoms with van der Waals surface area (Å²) in [5.74, 6) is 1.63. The molecule has 0 bridgehead atoms. The Bertz CT molecular complexity index is 1550. The first kappa shape index (κ1) is 26.7. The lowest BCUT2D eigenvalue weighted by molar-refractivity contribution is 0.0992. The number of carbonyl (C=O) groups is 1. The second-order valence-corrected chi connectivity index (χ2v) is 9.86. The summed E-state index contributed by atoms with van der Waals surface area (Å²) < 4.78 is 18.3. The van der Waals surface area contributed by atoms with Gasteiger partial charge in [0.25, 0.3) is 5.91 Å². The van der Waals surface area contributed by atoms with Crippen molar-refractivity contribution in [2.45, 2.75) is 45.8 Å². The number of benzene rings is 3. The van der Waals surface area contributed by atoms with Gasteiger partial charge in [-0.3, -0.25) is 9.89 Å². The molecule has 0 saturated heterocycles. The van der Waals surface area contributed by atoms with Crippen LogP contribution in [-0.4, -0.2) is 21.3 Å². The maximum Gasteiger partial charge on any atom is 0.271 e. The molecule has 0 aliphatic rings. The van der Waals surface area contributed by atoms with Crippen molar-refractivity contribution >= 4 is 5.91 Å². The van der Waals surface area contributed by atoms with E-state index in [1.807, 2.05) is 66.7 Å². The molecule has 0 aliphatic heterocycles. The number of primary amides is 1. The number of amides is 1. The standard InChI is InChI=1S/C32H32N4O4/c1-21(2)25-17-24(13-14-27-30(26-15-16-34-35-26)31(32(33)37)36-40-27)28(38-19-22-9-5-3-6-10-22)18-29(25)39-20-23-11-7-4-8-12-23/h3-12,15-18,21H,13-14,19-20H2,1-2H3,(H2,33,37)(H,34,35). The third kappa shape index (κ3) is 6.23. The summed E-state index contributed by atoms with van der Waals surface area (Å²) >= 11 is 0. The van der Waals surface area contributed by atoms with Gasteiger partial charge in [-0.2, -0.15) is 5.10 Å². The monoisotopic (exact) mass is 536 g/mol. The highest BCUT2D eigenvalue weighted by atomic mass is 16.5. The van der Waals surface area contributed by atoms with Gasteiger partial charge in [0.1, 0.15) is 30.5 Å². The van der Waals surface area contributed by atoms with Crippen molar-refractivity contribution in [1.82, 2.24) is 15.4 Å². The largest absolute Gasteiger partial charge is 0.488 e. The Labute approximate surface area is 233 Å².